The van der Waals surface area contributed by atoms with Gasteiger partial charge in [-0.3, -0.25) is 24.8 Å². The second-order valence-electron chi connectivity index (χ2n) is 5.84. The Morgan fingerprint density at radius 2 is 1.92 bits per heavy atom. The Hall–Kier alpha value is -2.61. The first-order valence-electron chi connectivity index (χ1n) is 7.58. The molecule has 0 aromatic heterocycles. The van der Waals surface area contributed by atoms with E-state index >= 15 is 0 Å². The predicted molar refractivity (Wildman–Crippen MR) is 85.0 cm³/mol. The average Bonchev–Trinajstić information content (AvgIpc) is 2.52. The van der Waals surface area contributed by atoms with Crippen LogP contribution in [0.15, 0.2) is 29.3 Å². The van der Waals surface area contributed by atoms with Crippen molar-refractivity contribution in [2.45, 2.75) is 6.54 Å². The molecule has 0 bridgehead atoms. The largest absolute Gasteiger partial charge is 0.338 e. The number of halogens is 1. The molecule has 1 aliphatic heterocycles. The lowest BCUT2D eigenvalue weighted by atomic mass is 10.1. The average molecular weight is 335 g/mol. The number of nitrogens with one attached hydrogen (secondary N) is 2. The number of likely N-dealkylation sites (N-methyl/N-ethyl adjacent to an activating group) is 1. The van der Waals surface area contributed by atoms with Crippen LogP contribution < -0.4 is 10.2 Å². The molecule has 1 aromatic rings. The molecule has 0 spiro atoms. The summed E-state index contributed by atoms with van der Waals surface area (Å²) in [6.45, 7) is 1.20. The van der Waals surface area contributed by atoms with Crippen molar-refractivity contribution in [1.82, 2.24) is 10.2 Å². The summed E-state index contributed by atoms with van der Waals surface area (Å²) < 4.78 is 12.9. The van der Waals surface area contributed by atoms with Gasteiger partial charge in [0.05, 0.1) is 33.7 Å². The minimum atomic E-state index is -1.12. The standard InChI is InChI=1S/C16H19FN4O3/c1-20(2)8-7-18-9-13-14(22)19-16(24)21(15(13)23)10-11-3-5-12(17)6-4-11/h3-6,9,13H,7-8,10H2,1-2H3,(H,19,22,24)/p+1. The zero-order valence-corrected chi connectivity index (χ0v) is 13.6. The van der Waals surface area contributed by atoms with E-state index in [1.807, 2.05) is 14.1 Å². The van der Waals surface area contributed by atoms with Crippen molar-refractivity contribution >= 4 is 24.1 Å². The van der Waals surface area contributed by atoms with E-state index in [-0.39, 0.29) is 6.54 Å². The van der Waals surface area contributed by atoms with Gasteiger partial charge in [-0.15, -0.1) is 0 Å². The zero-order valence-electron chi connectivity index (χ0n) is 13.6. The summed E-state index contributed by atoms with van der Waals surface area (Å²) in [4.78, 5) is 42.4. The molecule has 1 aromatic carbocycles. The van der Waals surface area contributed by atoms with E-state index in [9.17, 15) is 18.8 Å². The monoisotopic (exact) mass is 335 g/mol. The number of carbonyl (C=O) groups is 3. The highest BCUT2D eigenvalue weighted by molar-refractivity contribution is 6.23. The Balaban J connectivity index is 2.08. The van der Waals surface area contributed by atoms with Gasteiger partial charge in [-0.2, -0.15) is 0 Å². The highest BCUT2D eigenvalue weighted by Gasteiger charge is 2.39. The molecule has 0 saturated carbocycles. The molecule has 0 radical (unpaired) electrons. The number of amides is 4. The van der Waals surface area contributed by atoms with Crippen LogP contribution in [0.4, 0.5) is 9.18 Å². The van der Waals surface area contributed by atoms with Crippen molar-refractivity contribution in [1.29, 1.82) is 0 Å². The van der Waals surface area contributed by atoms with Crippen molar-refractivity contribution in [3.63, 3.8) is 0 Å². The molecular weight excluding hydrogens is 315 g/mol. The fourth-order valence-corrected chi connectivity index (χ4v) is 2.15. The third-order valence-electron chi connectivity index (χ3n) is 3.54. The number of quaternary nitrogens is 1. The van der Waals surface area contributed by atoms with E-state index in [2.05, 4.69) is 10.3 Å². The van der Waals surface area contributed by atoms with Crippen molar-refractivity contribution in [2.75, 3.05) is 27.2 Å². The first-order chi connectivity index (χ1) is 11.4. The third-order valence-corrected chi connectivity index (χ3v) is 3.54. The highest BCUT2D eigenvalue weighted by atomic mass is 19.1. The lowest BCUT2D eigenvalue weighted by Gasteiger charge is -2.28. The van der Waals surface area contributed by atoms with E-state index in [1.165, 1.54) is 35.4 Å². The molecule has 0 aliphatic carbocycles. The molecule has 1 heterocycles. The summed E-state index contributed by atoms with van der Waals surface area (Å²) in [6.07, 6.45) is 1.28. The maximum atomic E-state index is 12.9. The van der Waals surface area contributed by atoms with Gasteiger partial charge in [0.15, 0.2) is 5.92 Å². The minimum Gasteiger partial charge on any atom is -0.338 e. The van der Waals surface area contributed by atoms with Gasteiger partial charge in [0, 0.05) is 6.21 Å². The van der Waals surface area contributed by atoms with Gasteiger partial charge in [0.25, 0.3) is 0 Å². The van der Waals surface area contributed by atoms with Crippen molar-refractivity contribution in [3.05, 3.63) is 35.6 Å². The molecule has 128 valence electrons. The van der Waals surface area contributed by atoms with Gasteiger partial charge in [0.1, 0.15) is 5.82 Å². The Kier molecular flexibility index (Phi) is 5.75. The molecule has 2 rings (SSSR count). The summed E-state index contributed by atoms with van der Waals surface area (Å²) in [5.74, 6) is -2.84. The lowest BCUT2D eigenvalue weighted by molar-refractivity contribution is -0.856. The maximum Gasteiger partial charge on any atom is 0.331 e. The molecular formula is C16H20FN4O3+. The van der Waals surface area contributed by atoms with Crippen LogP contribution in [0, 0.1) is 11.7 Å². The maximum absolute atomic E-state index is 12.9. The van der Waals surface area contributed by atoms with E-state index < -0.39 is 29.6 Å². The quantitative estimate of drug-likeness (QED) is 0.529. The van der Waals surface area contributed by atoms with Gasteiger partial charge in [0.2, 0.25) is 11.8 Å². The van der Waals surface area contributed by atoms with Crippen molar-refractivity contribution in [3.8, 4) is 0 Å². The number of barbiturate groups is 1. The van der Waals surface area contributed by atoms with Crippen molar-refractivity contribution in [2.24, 2.45) is 10.9 Å². The lowest BCUT2D eigenvalue weighted by Crippen LogP contribution is -3.06. The number of hydrogen-bond acceptors (Lipinski definition) is 4. The zero-order chi connectivity index (χ0) is 17.7. The van der Waals surface area contributed by atoms with E-state index in [1.54, 1.807) is 0 Å². The molecule has 1 aliphatic rings. The van der Waals surface area contributed by atoms with E-state index in [0.29, 0.717) is 12.1 Å². The fraction of sp³-hybridized carbons (Fsp3) is 0.375. The Labute approximate surface area is 139 Å². The van der Waals surface area contributed by atoms with Gasteiger partial charge < -0.3 is 4.90 Å². The predicted octanol–water partition coefficient (Wildman–Crippen LogP) is -0.764. The highest BCUT2D eigenvalue weighted by Crippen LogP contribution is 2.14. The number of nitrogens with zero attached hydrogens (tertiary/aromatic N) is 2. The minimum absolute atomic E-state index is 0.0373. The Morgan fingerprint density at radius 1 is 1.25 bits per heavy atom. The molecule has 24 heavy (non-hydrogen) atoms. The van der Waals surface area contributed by atoms with Gasteiger partial charge in [-0.25, -0.2) is 9.18 Å². The van der Waals surface area contributed by atoms with Crippen LogP contribution in [0.3, 0.4) is 0 Å². The topological polar surface area (TPSA) is 83.3 Å². The number of rotatable bonds is 6. The third kappa shape index (κ3) is 4.45. The molecule has 8 heteroatoms. The molecule has 4 amide bonds. The number of hydrogen-bond donors (Lipinski definition) is 2. The first kappa shape index (κ1) is 17.7. The number of benzene rings is 1. The summed E-state index contributed by atoms with van der Waals surface area (Å²) in [5.41, 5.74) is 0.584. The van der Waals surface area contributed by atoms with Crippen LogP contribution in [-0.4, -0.2) is 56.1 Å². The molecule has 1 unspecified atom stereocenters. The van der Waals surface area contributed by atoms with Crippen LogP contribution >= 0.6 is 0 Å². The number of imide groups is 2. The van der Waals surface area contributed by atoms with Crippen LogP contribution in [0.5, 0.6) is 0 Å². The second kappa shape index (κ2) is 7.78. The van der Waals surface area contributed by atoms with Gasteiger partial charge in [-0.05, 0) is 17.7 Å². The normalized spacial score (nSPS) is 18.6. The molecule has 1 saturated heterocycles. The van der Waals surface area contributed by atoms with E-state index in [0.717, 1.165) is 11.4 Å². The SMILES string of the molecule is C[NH+](C)CCN=CC1C(=O)NC(=O)N(Cc2ccc(F)cc2)C1=O. The van der Waals surface area contributed by atoms with Crippen LogP contribution in [-0.2, 0) is 16.1 Å². The van der Waals surface area contributed by atoms with Crippen LogP contribution in [0.2, 0.25) is 0 Å². The summed E-state index contributed by atoms with van der Waals surface area (Å²) in [5, 5.41) is 2.15. The summed E-state index contributed by atoms with van der Waals surface area (Å²) >= 11 is 0. The molecule has 1 fully saturated rings. The molecule has 2 N–H and O–H groups in total. The van der Waals surface area contributed by atoms with E-state index in [4.69, 9.17) is 0 Å². The van der Waals surface area contributed by atoms with Crippen LogP contribution in [0.1, 0.15) is 5.56 Å². The number of aliphatic imine (C=N–C) groups is 1. The van der Waals surface area contributed by atoms with Gasteiger partial charge in [-0.1, -0.05) is 12.1 Å². The van der Waals surface area contributed by atoms with Crippen LogP contribution in [0.25, 0.3) is 0 Å². The number of carbonyl (C=O) groups excluding carboxylic acids is 3. The fourth-order valence-electron chi connectivity index (χ4n) is 2.15. The Morgan fingerprint density at radius 3 is 2.54 bits per heavy atom. The smallest absolute Gasteiger partial charge is 0.331 e. The van der Waals surface area contributed by atoms with Gasteiger partial charge >= 0.3 is 6.03 Å². The first-order valence-corrected chi connectivity index (χ1v) is 7.58. The molecule has 7 nitrogen and oxygen atoms in total. The molecule has 1 atom stereocenters. The second-order valence-corrected chi connectivity index (χ2v) is 5.84. The van der Waals surface area contributed by atoms with Crippen molar-refractivity contribution < 1.29 is 23.7 Å². The summed E-state index contributed by atoms with van der Waals surface area (Å²) in [6, 6.07) is 4.67. The number of urea groups is 1. The summed E-state index contributed by atoms with van der Waals surface area (Å²) in [7, 11) is 3.94. The Bertz CT molecular complexity index is 658.